The number of amides is 1. The highest BCUT2D eigenvalue weighted by Gasteiger charge is 2.26. The Morgan fingerprint density at radius 1 is 1.11 bits per heavy atom. The summed E-state index contributed by atoms with van der Waals surface area (Å²) in [5, 5.41) is 0.619. The van der Waals surface area contributed by atoms with Crippen molar-refractivity contribution < 1.29 is 4.79 Å². The zero-order chi connectivity index (χ0) is 19.5. The maximum Gasteiger partial charge on any atom is 0.261 e. The molecule has 1 atom stereocenters. The van der Waals surface area contributed by atoms with Crippen molar-refractivity contribution in [1.82, 2.24) is 14.5 Å². The van der Waals surface area contributed by atoms with Crippen LogP contribution in [0.1, 0.15) is 31.4 Å². The summed E-state index contributed by atoms with van der Waals surface area (Å²) in [6.45, 7) is 3.09. The van der Waals surface area contributed by atoms with Gasteiger partial charge in [-0.2, -0.15) is 0 Å². The Bertz CT molecular complexity index is 1090. The van der Waals surface area contributed by atoms with Crippen molar-refractivity contribution in [2.45, 2.75) is 25.8 Å². The number of para-hydroxylation sites is 1. The molecule has 2 aromatic carbocycles. The molecule has 0 N–H and O–H groups in total. The first kappa shape index (κ1) is 18.2. The van der Waals surface area contributed by atoms with E-state index in [9.17, 15) is 9.59 Å². The molecule has 1 aliphatic rings. The average Bonchev–Trinajstić information content (AvgIpc) is 2.74. The van der Waals surface area contributed by atoms with E-state index in [1.54, 1.807) is 17.0 Å². The summed E-state index contributed by atoms with van der Waals surface area (Å²) < 4.78 is 1.69. The van der Waals surface area contributed by atoms with Gasteiger partial charge in [0.15, 0.2) is 0 Å². The predicted molar refractivity (Wildman–Crippen MR) is 111 cm³/mol. The molecule has 1 aromatic heterocycles. The van der Waals surface area contributed by atoms with Crippen LogP contribution in [-0.2, 0) is 4.79 Å². The number of rotatable bonds is 3. The molecule has 142 valence electrons. The normalized spacial score (nSPS) is 17.7. The van der Waals surface area contributed by atoms with Gasteiger partial charge in [-0.05, 0) is 43.5 Å². The van der Waals surface area contributed by atoms with Crippen LogP contribution in [0.15, 0.2) is 71.3 Å². The van der Waals surface area contributed by atoms with Gasteiger partial charge < -0.3 is 4.90 Å². The van der Waals surface area contributed by atoms with Crippen molar-refractivity contribution in [2.24, 2.45) is 0 Å². The molecule has 5 nitrogen and oxygen atoms in total. The maximum absolute atomic E-state index is 12.9. The molecule has 1 aliphatic heterocycles. The Balaban J connectivity index is 1.56. The van der Waals surface area contributed by atoms with Crippen molar-refractivity contribution in [3.8, 4) is 0 Å². The number of hydrogen-bond donors (Lipinski definition) is 0. The Labute approximate surface area is 163 Å². The van der Waals surface area contributed by atoms with Crippen LogP contribution in [0.5, 0.6) is 0 Å². The third-order valence-electron chi connectivity index (χ3n) is 5.29. The molecule has 4 rings (SSSR count). The molecular weight excluding hydrogens is 350 g/mol. The quantitative estimate of drug-likeness (QED) is 0.659. The summed E-state index contributed by atoms with van der Waals surface area (Å²) in [5.41, 5.74) is 2.38. The van der Waals surface area contributed by atoms with E-state index in [1.807, 2.05) is 66.4 Å². The molecule has 1 unspecified atom stereocenters. The lowest BCUT2D eigenvalue weighted by Crippen LogP contribution is -2.43. The Hall–Kier alpha value is -3.21. The van der Waals surface area contributed by atoms with Crippen molar-refractivity contribution >= 4 is 22.9 Å². The molecular formula is C23H23N3O2. The van der Waals surface area contributed by atoms with Gasteiger partial charge in [-0.25, -0.2) is 4.98 Å². The van der Waals surface area contributed by atoms with Gasteiger partial charge in [0.05, 0.1) is 23.3 Å². The van der Waals surface area contributed by atoms with Gasteiger partial charge in [-0.1, -0.05) is 42.5 Å². The maximum atomic E-state index is 12.9. The number of benzene rings is 2. The standard InChI is InChI=1S/C23H23N3O2/c1-17(14-18-8-3-2-4-9-18)22(27)25-13-7-10-19(15-25)26-16-24-21-12-6-5-11-20(21)23(26)28/h2-6,8-9,11-12,14,16,19H,7,10,13,15H2,1H3. The first-order valence-corrected chi connectivity index (χ1v) is 9.62. The smallest absolute Gasteiger partial charge is 0.261 e. The lowest BCUT2D eigenvalue weighted by Gasteiger charge is -2.33. The molecule has 5 heteroatoms. The number of likely N-dealkylation sites (tertiary alicyclic amines) is 1. The van der Waals surface area contributed by atoms with E-state index in [1.165, 1.54) is 0 Å². The fourth-order valence-electron chi connectivity index (χ4n) is 3.82. The minimum atomic E-state index is -0.0492. The number of aromatic nitrogens is 2. The molecule has 2 heterocycles. The first-order valence-electron chi connectivity index (χ1n) is 9.62. The summed E-state index contributed by atoms with van der Waals surface area (Å²) in [6.07, 6.45) is 5.27. The Morgan fingerprint density at radius 3 is 2.68 bits per heavy atom. The SMILES string of the molecule is CC(=Cc1ccccc1)C(=O)N1CCCC(n2cnc3ccccc3c2=O)C1. The highest BCUT2D eigenvalue weighted by atomic mass is 16.2. The van der Waals surface area contributed by atoms with Crippen LogP contribution in [0, 0.1) is 0 Å². The largest absolute Gasteiger partial charge is 0.337 e. The number of carbonyl (C=O) groups is 1. The van der Waals surface area contributed by atoms with Crippen LogP contribution in [0.25, 0.3) is 17.0 Å². The molecule has 0 radical (unpaired) electrons. The van der Waals surface area contributed by atoms with Gasteiger partial charge in [-0.15, -0.1) is 0 Å². The minimum absolute atomic E-state index is 0.0235. The van der Waals surface area contributed by atoms with Gasteiger partial charge in [0.1, 0.15) is 0 Å². The highest BCUT2D eigenvalue weighted by Crippen LogP contribution is 2.22. The Kier molecular flexibility index (Phi) is 5.06. The first-order chi connectivity index (χ1) is 13.6. The summed E-state index contributed by atoms with van der Waals surface area (Å²) >= 11 is 0. The molecule has 1 amide bonds. The topological polar surface area (TPSA) is 55.2 Å². The van der Waals surface area contributed by atoms with E-state index >= 15 is 0 Å². The van der Waals surface area contributed by atoms with Crippen LogP contribution in [-0.4, -0.2) is 33.4 Å². The van der Waals surface area contributed by atoms with E-state index in [0.29, 0.717) is 29.6 Å². The molecule has 0 aliphatic carbocycles. The molecule has 0 bridgehead atoms. The summed E-state index contributed by atoms with van der Waals surface area (Å²) in [7, 11) is 0. The van der Waals surface area contributed by atoms with Gasteiger partial charge in [0, 0.05) is 18.7 Å². The Morgan fingerprint density at radius 2 is 1.86 bits per heavy atom. The molecule has 1 fully saturated rings. The summed E-state index contributed by atoms with van der Waals surface area (Å²) in [5.74, 6) is 0.0235. The minimum Gasteiger partial charge on any atom is -0.337 e. The van der Waals surface area contributed by atoms with Gasteiger partial charge in [0.2, 0.25) is 5.91 Å². The number of piperidine rings is 1. The third kappa shape index (κ3) is 3.60. The lowest BCUT2D eigenvalue weighted by molar-refractivity contribution is -0.128. The molecule has 3 aromatic rings. The van der Waals surface area contributed by atoms with Crippen molar-refractivity contribution in [3.05, 3.63) is 82.4 Å². The van der Waals surface area contributed by atoms with E-state index in [0.717, 1.165) is 18.4 Å². The second kappa shape index (κ2) is 7.80. The molecule has 28 heavy (non-hydrogen) atoms. The van der Waals surface area contributed by atoms with Crippen LogP contribution >= 0.6 is 0 Å². The van der Waals surface area contributed by atoms with Gasteiger partial charge >= 0.3 is 0 Å². The van der Waals surface area contributed by atoms with Crippen molar-refractivity contribution in [2.75, 3.05) is 13.1 Å². The van der Waals surface area contributed by atoms with Gasteiger partial charge in [-0.3, -0.25) is 14.2 Å². The average molecular weight is 373 g/mol. The van der Waals surface area contributed by atoms with E-state index in [4.69, 9.17) is 0 Å². The zero-order valence-corrected chi connectivity index (χ0v) is 15.9. The number of fused-ring (bicyclic) bond motifs is 1. The predicted octanol–water partition coefficient (Wildman–Crippen LogP) is 3.66. The van der Waals surface area contributed by atoms with E-state index in [-0.39, 0.29) is 17.5 Å². The molecule has 1 saturated heterocycles. The number of hydrogen-bond acceptors (Lipinski definition) is 3. The zero-order valence-electron chi connectivity index (χ0n) is 15.9. The van der Waals surface area contributed by atoms with Crippen LogP contribution in [0.2, 0.25) is 0 Å². The van der Waals surface area contributed by atoms with Crippen molar-refractivity contribution in [1.29, 1.82) is 0 Å². The van der Waals surface area contributed by atoms with E-state index < -0.39 is 0 Å². The highest BCUT2D eigenvalue weighted by molar-refractivity contribution is 5.97. The van der Waals surface area contributed by atoms with Crippen molar-refractivity contribution in [3.63, 3.8) is 0 Å². The number of carbonyl (C=O) groups excluding carboxylic acids is 1. The number of nitrogens with zero attached hydrogens (tertiary/aromatic N) is 3. The fraction of sp³-hybridized carbons (Fsp3) is 0.261. The fourth-order valence-corrected chi connectivity index (χ4v) is 3.82. The molecule has 0 saturated carbocycles. The van der Waals surface area contributed by atoms with Crippen LogP contribution in [0.4, 0.5) is 0 Å². The van der Waals surface area contributed by atoms with Gasteiger partial charge in [0.25, 0.3) is 5.56 Å². The summed E-state index contributed by atoms with van der Waals surface area (Å²) in [6, 6.07) is 17.2. The second-order valence-electron chi connectivity index (χ2n) is 7.26. The second-order valence-corrected chi connectivity index (χ2v) is 7.26. The monoisotopic (exact) mass is 373 g/mol. The molecule has 0 spiro atoms. The van der Waals surface area contributed by atoms with E-state index in [2.05, 4.69) is 4.98 Å². The van der Waals surface area contributed by atoms with Crippen LogP contribution in [0.3, 0.4) is 0 Å². The summed E-state index contributed by atoms with van der Waals surface area (Å²) in [4.78, 5) is 32.1. The van der Waals surface area contributed by atoms with Crippen LogP contribution < -0.4 is 5.56 Å². The third-order valence-corrected chi connectivity index (χ3v) is 5.29. The lowest BCUT2D eigenvalue weighted by atomic mass is 10.0.